The Morgan fingerprint density at radius 3 is 1.08 bits per heavy atom. The molecular formula is C42H77Cl3O7. The van der Waals surface area contributed by atoms with E-state index >= 15 is 0 Å². The molecule has 0 aliphatic carbocycles. The van der Waals surface area contributed by atoms with Crippen molar-refractivity contribution >= 4 is 52.9 Å². The highest BCUT2D eigenvalue weighted by molar-refractivity contribution is 6.67. The molecule has 0 spiro atoms. The highest BCUT2D eigenvalue weighted by Gasteiger charge is 2.24. The number of halogens is 3. The van der Waals surface area contributed by atoms with Gasteiger partial charge in [-0.3, -0.25) is 9.59 Å². The van der Waals surface area contributed by atoms with Gasteiger partial charge in [0.1, 0.15) is 19.8 Å². The van der Waals surface area contributed by atoms with Gasteiger partial charge >= 0.3 is 18.1 Å². The summed E-state index contributed by atoms with van der Waals surface area (Å²) in [4.78, 5) is 36.9. The summed E-state index contributed by atoms with van der Waals surface area (Å²) >= 11 is 16.9. The summed E-state index contributed by atoms with van der Waals surface area (Å²) in [6.07, 6.45) is 36.0. The third kappa shape index (κ3) is 40.3. The van der Waals surface area contributed by atoms with Crippen LogP contribution in [0.5, 0.6) is 0 Å². The van der Waals surface area contributed by atoms with E-state index in [2.05, 4.69) is 13.8 Å². The van der Waals surface area contributed by atoms with E-state index in [1.165, 1.54) is 154 Å². The zero-order chi connectivity index (χ0) is 38.4. The largest absolute Gasteiger partial charge is 0.508 e. The van der Waals surface area contributed by atoms with E-state index in [9.17, 15) is 14.4 Å². The summed E-state index contributed by atoms with van der Waals surface area (Å²) in [5.74, 6) is -0.784. The van der Waals surface area contributed by atoms with Gasteiger partial charge in [0.25, 0.3) is 0 Å². The third-order valence-corrected chi connectivity index (χ3v) is 9.77. The fourth-order valence-corrected chi connectivity index (χ4v) is 6.41. The van der Waals surface area contributed by atoms with Crippen LogP contribution < -0.4 is 0 Å². The monoisotopic (exact) mass is 798 g/mol. The molecule has 0 aromatic heterocycles. The summed E-state index contributed by atoms with van der Waals surface area (Å²) in [6, 6.07) is 0. The Kier molecular flexibility index (Phi) is 37.7. The molecule has 10 heteroatoms. The van der Waals surface area contributed by atoms with Gasteiger partial charge in [0.2, 0.25) is 3.79 Å². The first-order chi connectivity index (χ1) is 25.2. The number of rotatable bonds is 38. The second-order valence-electron chi connectivity index (χ2n) is 14.7. The lowest BCUT2D eigenvalue weighted by Crippen LogP contribution is -2.31. The number of carbonyl (C=O) groups excluding carboxylic acids is 3. The van der Waals surface area contributed by atoms with Crippen molar-refractivity contribution in [1.29, 1.82) is 0 Å². The number of hydrogen-bond donors (Lipinski definition) is 0. The van der Waals surface area contributed by atoms with E-state index in [-0.39, 0.29) is 25.6 Å². The summed E-state index contributed by atoms with van der Waals surface area (Å²) < 4.78 is 19.0. The van der Waals surface area contributed by atoms with Crippen LogP contribution in [0.4, 0.5) is 4.79 Å². The molecule has 7 nitrogen and oxygen atoms in total. The number of alkyl halides is 3. The first kappa shape index (κ1) is 51.1. The first-order valence-corrected chi connectivity index (χ1v) is 22.5. The SMILES string of the molecule is CCCCCCCCCCCCCCCCCC(=O)OCC(COC(=O)OCC(Cl)(Cl)Cl)OC(=O)CCCCCCCCCCCCCCCCC. The maximum Gasteiger partial charge on any atom is 0.508 e. The normalized spacial score (nSPS) is 12.1. The van der Waals surface area contributed by atoms with E-state index in [1.54, 1.807) is 0 Å². The van der Waals surface area contributed by atoms with Crippen molar-refractivity contribution < 1.29 is 33.3 Å². The van der Waals surface area contributed by atoms with Crippen molar-refractivity contribution in [3.63, 3.8) is 0 Å². The molecule has 0 saturated heterocycles. The summed E-state index contributed by atoms with van der Waals surface area (Å²) in [6.45, 7) is 3.48. The molecule has 0 heterocycles. The summed E-state index contributed by atoms with van der Waals surface area (Å²) in [5.41, 5.74) is 0. The van der Waals surface area contributed by atoms with Crippen LogP contribution in [0.3, 0.4) is 0 Å². The van der Waals surface area contributed by atoms with Crippen LogP contribution in [0.1, 0.15) is 219 Å². The zero-order valence-corrected chi connectivity index (χ0v) is 35.6. The number of esters is 2. The van der Waals surface area contributed by atoms with Gasteiger partial charge in [-0.2, -0.15) is 0 Å². The van der Waals surface area contributed by atoms with Gasteiger partial charge in [0.05, 0.1) is 0 Å². The minimum Gasteiger partial charge on any atom is -0.462 e. The maximum atomic E-state index is 12.6. The molecule has 0 fully saturated rings. The van der Waals surface area contributed by atoms with E-state index in [0.29, 0.717) is 12.8 Å². The Morgan fingerprint density at radius 2 is 0.731 bits per heavy atom. The van der Waals surface area contributed by atoms with Crippen LogP contribution in [0.15, 0.2) is 0 Å². The molecule has 0 rings (SSSR count). The van der Waals surface area contributed by atoms with Crippen molar-refractivity contribution in [3.05, 3.63) is 0 Å². The van der Waals surface area contributed by atoms with E-state index in [4.69, 9.17) is 53.8 Å². The Hall–Kier alpha value is -0.920. The Labute approximate surface area is 334 Å². The standard InChI is InChI=1S/C42H77Cl3O7/c1-3-5-7-9-11-13-15-17-19-21-23-25-27-29-31-33-39(46)49-35-38(36-50-41(48)51-37-42(43,44)45)52-40(47)34-32-30-28-26-24-22-20-18-16-14-12-10-8-6-4-2/h38H,3-37H2,1-2H3. The average molecular weight is 800 g/mol. The van der Waals surface area contributed by atoms with Gasteiger partial charge in [0, 0.05) is 12.8 Å². The molecule has 0 bridgehead atoms. The number of ether oxygens (including phenoxy) is 4. The van der Waals surface area contributed by atoms with Crippen LogP contribution in [0, 0.1) is 0 Å². The topological polar surface area (TPSA) is 88.1 Å². The molecule has 0 radical (unpaired) electrons. The van der Waals surface area contributed by atoms with Crippen LogP contribution in [0.25, 0.3) is 0 Å². The molecule has 0 aliphatic rings. The van der Waals surface area contributed by atoms with E-state index in [0.717, 1.165) is 32.1 Å². The van der Waals surface area contributed by atoms with Crippen molar-refractivity contribution in [1.82, 2.24) is 0 Å². The predicted molar refractivity (Wildman–Crippen MR) is 218 cm³/mol. The predicted octanol–water partition coefficient (Wildman–Crippen LogP) is 14.5. The van der Waals surface area contributed by atoms with Crippen molar-refractivity contribution in [2.24, 2.45) is 0 Å². The van der Waals surface area contributed by atoms with Crippen molar-refractivity contribution in [2.75, 3.05) is 19.8 Å². The minimum atomic E-state index is -1.78. The maximum absolute atomic E-state index is 12.6. The fourth-order valence-electron chi connectivity index (χ4n) is 6.24. The average Bonchev–Trinajstić information content (AvgIpc) is 3.11. The van der Waals surface area contributed by atoms with Gasteiger partial charge in [-0.25, -0.2) is 4.79 Å². The second-order valence-corrected chi connectivity index (χ2v) is 17.2. The van der Waals surface area contributed by atoms with Gasteiger partial charge < -0.3 is 18.9 Å². The number of carbonyl (C=O) groups is 3. The Morgan fingerprint density at radius 1 is 0.423 bits per heavy atom. The highest BCUT2D eigenvalue weighted by Crippen LogP contribution is 2.26. The molecule has 1 atom stereocenters. The second kappa shape index (κ2) is 38.4. The summed E-state index contributed by atoms with van der Waals surface area (Å²) in [5, 5.41) is 0. The molecular weight excluding hydrogens is 723 g/mol. The Bertz CT molecular complexity index is 822. The van der Waals surface area contributed by atoms with Crippen LogP contribution in [-0.2, 0) is 28.5 Å². The lowest BCUT2D eigenvalue weighted by molar-refractivity contribution is -0.162. The molecule has 52 heavy (non-hydrogen) atoms. The molecule has 0 saturated carbocycles. The molecule has 308 valence electrons. The van der Waals surface area contributed by atoms with Gasteiger partial charge in [-0.1, -0.05) is 228 Å². The van der Waals surface area contributed by atoms with Crippen LogP contribution in [-0.4, -0.2) is 47.8 Å². The fraction of sp³-hybridized carbons (Fsp3) is 0.929. The number of unbranched alkanes of at least 4 members (excludes halogenated alkanes) is 28. The van der Waals surface area contributed by atoms with Crippen LogP contribution >= 0.6 is 34.8 Å². The molecule has 1 unspecified atom stereocenters. The third-order valence-electron chi connectivity index (χ3n) is 9.44. The van der Waals surface area contributed by atoms with E-state index in [1.807, 2.05) is 0 Å². The first-order valence-electron chi connectivity index (χ1n) is 21.4. The van der Waals surface area contributed by atoms with Gasteiger partial charge in [-0.05, 0) is 12.8 Å². The molecule has 0 aliphatic heterocycles. The quantitative estimate of drug-likeness (QED) is 0.0266. The highest BCUT2D eigenvalue weighted by atomic mass is 35.6. The molecule has 0 aromatic rings. The van der Waals surface area contributed by atoms with E-state index < -0.39 is 28.6 Å². The molecule has 0 N–H and O–H groups in total. The van der Waals surface area contributed by atoms with Gasteiger partial charge in [-0.15, -0.1) is 0 Å². The summed E-state index contributed by atoms with van der Waals surface area (Å²) in [7, 11) is 0. The smallest absolute Gasteiger partial charge is 0.462 e. The Balaban J connectivity index is 4.15. The van der Waals surface area contributed by atoms with Gasteiger partial charge in [0.15, 0.2) is 6.10 Å². The lowest BCUT2D eigenvalue weighted by Gasteiger charge is -2.18. The van der Waals surface area contributed by atoms with Crippen LogP contribution in [0.2, 0.25) is 0 Å². The zero-order valence-electron chi connectivity index (χ0n) is 33.3. The minimum absolute atomic E-state index is 0.208. The van der Waals surface area contributed by atoms with Crippen molar-refractivity contribution in [2.45, 2.75) is 229 Å². The molecule has 0 aromatic carbocycles. The number of hydrogen-bond acceptors (Lipinski definition) is 7. The van der Waals surface area contributed by atoms with Crippen molar-refractivity contribution in [3.8, 4) is 0 Å². The lowest BCUT2D eigenvalue weighted by atomic mass is 10.0. The molecule has 0 amide bonds.